The van der Waals surface area contributed by atoms with Gasteiger partial charge in [0, 0.05) is 6.04 Å². The monoisotopic (exact) mass is 343 g/mol. The van der Waals surface area contributed by atoms with Gasteiger partial charge in [0.05, 0.1) is 25.7 Å². The highest BCUT2D eigenvalue weighted by Crippen LogP contribution is 2.38. The van der Waals surface area contributed by atoms with Crippen LogP contribution in [0.5, 0.6) is 17.2 Å². The van der Waals surface area contributed by atoms with Crippen molar-refractivity contribution in [3.8, 4) is 17.2 Å². The molecule has 7 nitrogen and oxygen atoms in total. The van der Waals surface area contributed by atoms with E-state index in [2.05, 4.69) is 5.32 Å². The Morgan fingerprint density at radius 2 is 1.87 bits per heavy atom. The minimum atomic E-state index is -3.03. The van der Waals surface area contributed by atoms with E-state index in [9.17, 15) is 13.2 Å². The highest BCUT2D eigenvalue weighted by atomic mass is 32.2. The maximum atomic E-state index is 11.9. The fourth-order valence-electron chi connectivity index (χ4n) is 2.47. The zero-order chi connectivity index (χ0) is 17.0. The van der Waals surface area contributed by atoms with Gasteiger partial charge >= 0.3 is 0 Å². The van der Waals surface area contributed by atoms with E-state index in [-0.39, 0.29) is 30.1 Å². The lowest BCUT2D eigenvalue weighted by Gasteiger charge is -2.16. The van der Waals surface area contributed by atoms with Crippen LogP contribution in [0.15, 0.2) is 12.1 Å². The van der Waals surface area contributed by atoms with E-state index in [4.69, 9.17) is 14.2 Å². The van der Waals surface area contributed by atoms with Gasteiger partial charge in [-0.1, -0.05) is 0 Å². The van der Waals surface area contributed by atoms with Crippen LogP contribution in [0.3, 0.4) is 0 Å². The van der Waals surface area contributed by atoms with Gasteiger partial charge in [0.25, 0.3) is 5.91 Å². The Morgan fingerprint density at radius 3 is 2.35 bits per heavy atom. The molecule has 23 heavy (non-hydrogen) atoms. The van der Waals surface area contributed by atoms with Gasteiger partial charge in [0.15, 0.2) is 27.9 Å². The van der Waals surface area contributed by atoms with Crippen LogP contribution >= 0.6 is 0 Å². The molecule has 1 saturated heterocycles. The molecule has 0 spiro atoms. The van der Waals surface area contributed by atoms with Crippen molar-refractivity contribution in [3.05, 3.63) is 17.7 Å². The van der Waals surface area contributed by atoms with Crippen LogP contribution in [-0.4, -0.2) is 52.7 Å². The number of nitrogens with one attached hydrogen (secondary N) is 1. The fraction of sp³-hybridized carbons (Fsp3) is 0.533. The summed E-state index contributed by atoms with van der Waals surface area (Å²) in [6.07, 6.45) is 0.436. The van der Waals surface area contributed by atoms with Crippen LogP contribution < -0.4 is 19.5 Å². The lowest BCUT2D eigenvalue weighted by atomic mass is 10.2. The van der Waals surface area contributed by atoms with Crippen LogP contribution in [0.4, 0.5) is 0 Å². The van der Waals surface area contributed by atoms with E-state index in [1.165, 1.54) is 14.2 Å². The highest BCUT2D eigenvalue weighted by Gasteiger charge is 2.29. The maximum absolute atomic E-state index is 11.9. The first kappa shape index (κ1) is 17.4. The third kappa shape index (κ3) is 4.51. The normalized spacial score (nSPS) is 19.2. The zero-order valence-electron chi connectivity index (χ0n) is 13.4. The molecule has 1 aromatic rings. The summed E-state index contributed by atoms with van der Waals surface area (Å²) in [6.45, 7) is 1.65. The second kappa shape index (κ2) is 7.08. The molecule has 0 unspecified atom stereocenters. The first-order valence-electron chi connectivity index (χ1n) is 7.20. The molecule has 1 heterocycles. The summed E-state index contributed by atoms with van der Waals surface area (Å²) in [6, 6.07) is 3.21. The average Bonchev–Trinajstić information content (AvgIpc) is 2.83. The lowest BCUT2D eigenvalue weighted by Crippen LogP contribution is -2.38. The summed E-state index contributed by atoms with van der Waals surface area (Å²) in [7, 11) is -0.0208. The van der Waals surface area contributed by atoms with Crippen molar-refractivity contribution in [2.24, 2.45) is 0 Å². The van der Waals surface area contributed by atoms with Crippen molar-refractivity contribution < 1.29 is 27.4 Å². The Bertz CT molecular complexity index is 660. The van der Waals surface area contributed by atoms with Crippen LogP contribution in [0, 0.1) is 6.92 Å². The molecule has 1 aliphatic rings. The Balaban J connectivity index is 1.99. The number of sulfone groups is 1. The summed E-state index contributed by atoms with van der Waals surface area (Å²) in [5, 5.41) is 2.67. The number of aryl methyl sites for hydroxylation is 1. The smallest absolute Gasteiger partial charge is 0.258 e. The lowest BCUT2D eigenvalue weighted by molar-refractivity contribution is -0.123. The molecule has 1 N–H and O–H groups in total. The minimum Gasteiger partial charge on any atom is -0.493 e. The minimum absolute atomic E-state index is 0.0179. The molecule has 1 atom stereocenters. The summed E-state index contributed by atoms with van der Waals surface area (Å²) >= 11 is 0. The van der Waals surface area contributed by atoms with Crippen molar-refractivity contribution in [2.45, 2.75) is 19.4 Å². The summed E-state index contributed by atoms with van der Waals surface area (Å²) in [5.74, 6) is 0.997. The van der Waals surface area contributed by atoms with Crippen LogP contribution in [0.25, 0.3) is 0 Å². The largest absolute Gasteiger partial charge is 0.493 e. The molecule has 1 fully saturated rings. The third-order valence-electron chi connectivity index (χ3n) is 3.55. The van der Waals surface area contributed by atoms with Crippen LogP contribution in [-0.2, 0) is 14.6 Å². The van der Waals surface area contributed by atoms with Crippen LogP contribution in [0.2, 0.25) is 0 Å². The fourth-order valence-corrected chi connectivity index (χ4v) is 4.14. The molecule has 2 rings (SSSR count). The van der Waals surface area contributed by atoms with Crippen molar-refractivity contribution >= 4 is 15.7 Å². The number of carbonyl (C=O) groups is 1. The Labute approximate surface area is 135 Å². The van der Waals surface area contributed by atoms with Gasteiger partial charge in [0.1, 0.15) is 0 Å². The van der Waals surface area contributed by atoms with Crippen molar-refractivity contribution in [1.82, 2.24) is 5.32 Å². The standard InChI is InChI=1S/C15H21NO6S/c1-10-6-12(20-2)15(13(7-10)21-3)22-8-14(17)16-11-4-5-23(18,19)9-11/h6-7,11H,4-5,8-9H2,1-3H3,(H,16,17)/t11-/m1/s1. The maximum Gasteiger partial charge on any atom is 0.258 e. The number of benzene rings is 1. The first-order chi connectivity index (χ1) is 10.8. The predicted octanol–water partition coefficient (Wildman–Crippen LogP) is 0.694. The van der Waals surface area contributed by atoms with Crippen molar-refractivity contribution in [1.29, 1.82) is 0 Å². The van der Waals surface area contributed by atoms with Gasteiger partial charge in [-0.2, -0.15) is 0 Å². The summed E-state index contributed by atoms with van der Waals surface area (Å²) in [5.41, 5.74) is 0.937. The van der Waals surface area contributed by atoms with Gasteiger partial charge in [-0.15, -0.1) is 0 Å². The number of hydrogen-bond donors (Lipinski definition) is 1. The molecule has 128 valence electrons. The van der Waals surface area contributed by atoms with Crippen LogP contribution in [0.1, 0.15) is 12.0 Å². The van der Waals surface area contributed by atoms with Gasteiger partial charge in [-0.05, 0) is 31.0 Å². The number of methoxy groups -OCH3 is 2. The quantitative estimate of drug-likeness (QED) is 0.817. The topological polar surface area (TPSA) is 90.9 Å². The Morgan fingerprint density at radius 1 is 1.26 bits per heavy atom. The SMILES string of the molecule is COc1cc(C)cc(OC)c1OCC(=O)N[C@@H]1CCS(=O)(=O)C1. The molecular weight excluding hydrogens is 322 g/mol. The van der Waals surface area contributed by atoms with Crippen molar-refractivity contribution in [3.63, 3.8) is 0 Å². The van der Waals surface area contributed by atoms with Gasteiger partial charge in [-0.3, -0.25) is 4.79 Å². The van der Waals surface area contributed by atoms with E-state index < -0.39 is 9.84 Å². The van der Waals surface area contributed by atoms with E-state index in [1.54, 1.807) is 12.1 Å². The van der Waals surface area contributed by atoms with E-state index in [1.807, 2.05) is 6.92 Å². The molecule has 0 aliphatic carbocycles. The average molecular weight is 343 g/mol. The molecule has 0 saturated carbocycles. The Hall–Kier alpha value is -1.96. The molecule has 8 heteroatoms. The number of ether oxygens (including phenoxy) is 3. The molecule has 1 aliphatic heterocycles. The molecule has 0 aromatic heterocycles. The molecular formula is C15H21NO6S. The number of amides is 1. The van der Waals surface area contributed by atoms with E-state index in [0.717, 1.165) is 5.56 Å². The van der Waals surface area contributed by atoms with Gasteiger partial charge in [0.2, 0.25) is 5.75 Å². The Kier molecular flexibility index (Phi) is 5.35. The first-order valence-corrected chi connectivity index (χ1v) is 9.02. The second-order valence-electron chi connectivity index (χ2n) is 5.45. The zero-order valence-corrected chi connectivity index (χ0v) is 14.2. The molecule has 0 bridgehead atoms. The number of carbonyl (C=O) groups excluding carboxylic acids is 1. The number of rotatable bonds is 6. The summed E-state index contributed by atoms with van der Waals surface area (Å²) in [4.78, 5) is 11.9. The second-order valence-corrected chi connectivity index (χ2v) is 7.68. The van der Waals surface area contributed by atoms with Crippen molar-refractivity contribution in [2.75, 3.05) is 32.3 Å². The van der Waals surface area contributed by atoms with Gasteiger partial charge < -0.3 is 19.5 Å². The number of hydrogen-bond acceptors (Lipinski definition) is 6. The molecule has 1 amide bonds. The highest BCUT2D eigenvalue weighted by molar-refractivity contribution is 7.91. The molecule has 1 aromatic carbocycles. The molecule has 0 radical (unpaired) electrons. The third-order valence-corrected chi connectivity index (χ3v) is 5.32. The van der Waals surface area contributed by atoms with E-state index in [0.29, 0.717) is 23.7 Å². The predicted molar refractivity (Wildman–Crippen MR) is 85.0 cm³/mol. The van der Waals surface area contributed by atoms with Gasteiger partial charge in [-0.25, -0.2) is 8.42 Å². The summed E-state index contributed by atoms with van der Waals surface area (Å²) < 4.78 is 38.8. The van der Waals surface area contributed by atoms with E-state index >= 15 is 0 Å².